The highest BCUT2D eigenvalue weighted by molar-refractivity contribution is 8.00. The van der Waals surface area contributed by atoms with E-state index in [1.54, 1.807) is 0 Å². The maximum atomic E-state index is 10.9. The smallest absolute Gasteiger partial charge is 0.324 e. The fourth-order valence-electron chi connectivity index (χ4n) is 0.773. The number of hydrogen-bond acceptors (Lipinski definition) is 2. The van der Waals surface area contributed by atoms with Crippen molar-refractivity contribution in [1.29, 1.82) is 0 Å². The molecule has 4 heteroatoms. The van der Waals surface area contributed by atoms with Gasteiger partial charge in [-0.15, -0.1) is 11.8 Å². The summed E-state index contributed by atoms with van der Waals surface area (Å²) in [6.45, 7) is 0. The van der Waals surface area contributed by atoms with Crippen molar-refractivity contribution in [2.45, 2.75) is 4.90 Å². The van der Waals surface area contributed by atoms with Crippen LogP contribution in [0.4, 0.5) is 0 Å². The summed E-state index contributed by atoms with van der Waals surface area (Å²) in [7, 11) is 0. The van der Waals surface area contributed by atoms with Crippen molar-refractivity contribution in [3.05, 3.63) is 35.9 Å². The number of Topliss-reactive ketones (excluding diaryl/α,β-unsaturated/α-hetero) is 1. The highest BCUT2D eigenvalue weighted by Gasteiger charge is 2.02. The first-order valence-corrected chi connectivity index (χ1v) is 4.69. The molecule has 0 aliphatic carbocycles. The largest absolute Gasteiger partial charge is 0.361 e. The first-order valence-electron chi connectivity index (χ1n) is 3.71. The van der Waals surface area contributed by atoms with Crippen LogP contribution in [0.15, 0.2) is 35.2 Å². The van der Waals surface area contributed by atoms with Crippen molar-refractivity contribution in [2.75, 3.05) is 5.75 Å². The zero-order chi connectivity index (χ0) is 9.52. The van der Waals surface area contributed by atoms with Crippen LogP contribution in [0.2, 0.25) is 0 Å². The Morgan fingerprint density at radius 2 is 2.15 bits per heavy atom. The van der Waals surface area contributed by atoms with E-state index in [2.05, 4.69) is 4.79 Å². The number of nitrogens with zero attached hydrogens (tertiary/aromatic N) is 2. The average Bonchev–Trinajstić information content (AvgIpc) is 2.17. The molecule has 0 amide bonds. The summed E-state index contributed by atoms with van der Waals surface area (Å²) in [5, 5.41) is 0. The van der Waals surface area contributed by atoms with Crippen LogP contribution in [0.5, 0.6) is 0 Å². The Labute approximate surface area is 80.4 Å². The predicted molar refractivity (Wildman–Crippen MR) is 51.9 cm³/mol. The Hall–Kier alpha value is -1.38. The molecule has 0 bridgehead atoms. The van der Waals surface area contributed by atoms with Crippen molar-refractivity contribution in [3.8, 4) is 0 Å². The van der Waals surface area contributed by atoms with Crippen molar-refractivity contribution >= 4 is 23.8 Å². The zero-order valence-corrected chi connectivity index (χ0v) is 7.70. The van der Waals surface area contributed by atoms with Crippen LogP contribution in [-0.2, 0) is 4.79 Å². The molecule has 0 spiro atoms. The molecule has 0 atom stereocenters. The van der Waals surface area contributed by atoms with E-state index in [9.17, 15) is 4.79 Å². The van der Waals surface area contributed by atoms with Gasteiger partial charge in [-0.05, 0) is 12.1 Å². The van der Waals surface area contributed by atoms with Crippen molar-refractivity contribution in [2.24, 2.45) is 0 Å². The van der Waals surface area contributed by atoms with E-state index in [-0.39, 0.29) is 5.78 Å². The van der Waals surface area contributed by atoms with Crippen molar-refractivity contribution in [1.82, 2.24) is 0 Å². The number of hydrogen-bond donors (Lipinski definition) is 0. The lowest BCUT2D eigenvalue weighted by atomic mass is 10.4. The van der Waals surface area contributed by atoms with E-state index in [0.29, 0.717) is 5.75 Å². The molecule has 0 unspecified atom stereocenters. The Morgan fingerprint density at radius 3 is 2.77 bits per heavy atom. The minimum Gasteiger partial charge on any atom is -0.361 e. The standard InChI is InChI=1S/C9H8N2OS/c10-11-6-8(12)7-13-9-4-2-1-3-5-9/h1-6H,7H2. The first-order chi connectivity index (χ1) is 6.33. The summed E-state index contributed by atoms with van der Waals surface area (Å²) in [4.78, 5) is 14.6. The van der Waals surface area contributed by atoms with Gasteiger partial charge in [-0.2, -0.15) is 4.79 Å². The molecule has 0 radical (unpaired) electrons. The van der Waals surface area contributed by atoms with E-state index in [0.717, 1.165) is 11.1 Å². The maximum Gasteiger partial charge on any atom is 0.324 e. The average molecular weight is 192 g/mol. The fraction of sp³-hybridized carbons (Fsp3) is 0.111. The summed E-state index contributed by atoms with van der Waals surface area (Å²) in [5.41, 5.74) is 8.07. The van der Waals surface area contributed by atoms with Gasteiger partial charge in [0.05, 0.1) is 5.75 Å². The fourth-order valence-corrected chi connectivity index (χ4v) is 1.51. The third kappa shape index (κ3) is 3.69. The lowest BCUT2D eigenvalue weighted by Crippen LogP contribution is -2.02. The van der Waals surface area contributed by atoms with E-state index in [4.69, 9.17) is 5.53 Å². The van der Waals surface area contributed by atoms with Crippen LogP contribution in [-0.4, -0.2) is 22.5 Å². The van der Waals surface area contributed by atoms with Gasteiger partial charge in [0.25, 0.3) is 0 Å². The predicted octanol–water partition coefficient (Wildman–Crippen LogP) is 1.65. The topological polar surface area (TPSA) is 53.5 Å². The van der Waals surface area contributed by atoms with Gasteiger partial charge in [-0.25, -0.2) is 0 Å². The van der Waals surface area contributed by atoms with Gasteiger partial charge in [-0.3, -0.25) is 4.79 Å². The Morgan fingerprint density at radius 1 is 1.46 bits per heavy atom. The van der Waals surface area contributed by atoms with E-state index >= 15 is 0 Å². The summed E-state index contributed by atoms with van der Waals surface area (Å²) >= 11 is 1.42. The van der Waals surface area contributed by atoms with Crippen LogP contribution in [0, 0.1) is 0 Å². The minimum atomic E-state index is -0.198. The van der Waals surface area contributed by atoms with Crippen LogP contribution >= 0.6 is 11.8 Å². The number of rotatable bonds is 4. The SMILES string of the molecule is [N-]=[N+]=CC(=O)CSc1ccccc1. The lowest BCUT2D eigenvalue weighted by Gasteiger charge is -1.94. The summed E-state index contributed by atoms with van der Waals surface area (Å²) in [6.07, 6.45) is 0.913. The molecule has 3 nitrogen and oxygen atoms in total. The third-order valence-electron chi connectivity index (χ3n) is 1.33. The molecular formula is C9H8N2OS. The zero-order valence-electron chi connectivity index (χ0n) is 6.88. The molecule has 0 fully saturated rings. The molecule has 0 aromatic heterocycles. The van der Waals surface area contributed by atoms with E-state index in [1.807, 2.05) is 30.3 Å². The number of ketones is 1. The van der Waals surface area contributed by atoms with E-state index < -0.39 is 0 Å². The molecule has 1 aromatic rings. The monoisotopic (exact) mass is 192 g/mol. The van der Waals surface area contributed by atoms with Gasteiger partial charge in [0.2, 0.25) is 5.78 Å². The quantitative estimate of drug-likeness (QED) is 0.315. The number of carbonyl (C=O) groups is 1. The van der Waals surface area contributed by atoms with Crippen LogP contribution in [0.1, 0.15) is 0 Å². The summed E-state index contributed by atoms with van der Waals surface area (Å²) < 4.78 is 0. The van der Waals surface area contributed by atoms with Gasteiger partial charge in [0.1, 0.15) is 0 Å². The second-order valence-electron chi connectivity index (χ2n) is 2.31. The lowest BCUT2D eigenvalue weighted by molar-refractivity contribution is -0.113. The van der Waals surface area contributed by atoms with Crippen LogP contribution < -0.4 is 0 Å². The molecule has 0 aliphatic rings. The number of carbonyl (C=O) groups excluding carboxylic acids is 1. The highest BCUT2D eigenvalue weighted by Crippen LogP contribution is 2.15. The van der Waals surface area contributed by atoms with E-state index in [1.165, 1.54) is 11.8 Å². The molecule has 66 valence electrons. The molecule has 0 N–H and O–H groups in total. The summed E-state index contributed by atoms with van der Waals surface area (Å²) in [6, 6.07) is 9.59. The third-order valence-corrected chi connectivity index (χ3v) is 2.36. The van der Waals surface area contributed by atoms with Crippen LogP contribution in [0.3, 0.4) is 0 Å². The number of thioether (sulfide) groups is 1. The Kier molecular flexibility index (Phi) is 3.96. The van der Waals surface area contributed by atoms with Crippen LogP contribution in [0.25, 0.3) is 5.53 Å². The van der Waals surface area contributed by atoms with Gasteiger partial charge < -0.3 is 5.53 Å². The molecule has 0 saturated carbocycles. The maximum absolute atomic E-state index is 10.9. The first kappa shape index (κ1) is 9.71. The molecule has 1 rings (SSSR count). The van der Waals surface area contributed by atoms with Gasteiger partial charge >= 0.3 is 6.21 Å². The highest BCUT2D eigenvalue weighted by atomic mass is 32.2. The molecule has 0 saturated heterocycles. The second kappa shape index (κ2) is 5.30. The summed E-state index contributed by atoms with van der Waals surface area (Å²) in [5.74, 6) is 0.102. The minimum absolute atomic E-state index is 0.198. The molecular weight excluding hydrogens is 184 g/mol. The molecule has 1 aromatic carbocycles. The normalized spacial score (nSPS) is 8.92. The van der Waals surface area contributed by atoms with Crippen molar-refractivity contribution in [3.63, 3.8) is 0 Å². The molecule has 13 heavy (non-hydrogen) atoms. The van der Waals surface area contributed by atoms with Gasteiger partial charge in [0.15, 0.2) is 0 Å². The molecule has 0 aliphatic heterocycles. The Bertz CT molecular complexity index is 331. The van der Waals surface area contributed by atoms with Gasteiger partial charge in [0, 0.05) is 4.90 Å². The van der Waals surface area contributed by atoms with Gasteiger partial charge in [-0.1, -0.05) is 18.2 Å². The molecule has 0 heterocycles. The number of benzene rings is 1. The van der Waals surface area contributed by atoms with Crippen molar-refractivity contribution < 1.29 is 9.58 Å². The second-order valence-corrected chi connectivity index (χ2v) is 3.36. The Balaban J connectivity index is 2.44.